The minimum Gasteiger partial charge on any atom is -0.351 e. The highest BCUT2D eigenvalue weighted by Gasteiger charge is 2.21. The molecule has 0 spiro atoms. The predicted octanol–water partition coefficient (Wildman–Crippen LogP) is 8.27. The van der Waals surface area contributed by atoms with Crippen LogP contribution < -0.4 is 5.32 Å². The van der Waals surface area contributed by atoms with Crippen molar-refractivity contribution >= 4 is 18.3 Å². The van der Waals surface area contributed by atoms with Crippen LogP contribution in [0.1, 0.15) is 79.1 Å². The number of amidine groups is 1. The first-order valence-electron chi connectivity index (χ1n) is 13.0. The Hall–Kier alpha value is -2.82. The molecule has 0 amide bonds. The summed E-state index contributed by atoms with van der Waals surface area (Å²) in [7, 11) is 1.79. The average Bonchev–Trinajstić information content (AvgIpc) is 2.95. The smallest absolute Gasteiger partial charge is 0.123 e. The molecule has 36 heavy (non-hydrogen) atoms. The quantitative estimate of drug-likeness (QED) is 0.159. The third-order valence-electron chi connectivity index (χ3n) is 6.03. The van der Waals surface area contributed by atoms with Gasteiger partial charge in [-0.25, -0.2) is 9.38 Å². The lowest BCUT2D eigenvalue weighted by Crippen LogP contribution is -2.15. The number of aldehydes is 1. The lowest BCUT2D eigenvalue weighted by atomic mass is 9.78. The van der Waals surface area contributed by atoms with Gasteiger partial charge in [-0.3, -0.25) is 0 Å². The van der Waals surface area contributed by atoms with Crippen LogP contribution in [0, 0.1) is 11.8 Å². The molecule has 5 heteroatoms. The van der Waals surface area contributed by atoms with Crippen LogP contribution in [-0.4, -0.2) is 31.6 Å². The van der Waals surface area contributed by atoms with Crippen molar-refractivity contribution in [1.82, 2.24) is 5.32 Å². The van der Waals surface area contributed by atoms with Gasteiger partial charge in [0.05, 0.1) is 0 Å². The zero-order valence-electron chi connectivity index (χ0n) is 23.2. The maximum absolute atomic E-state index is 12.7. The van der Waals surface area contributed by atoms with Gasteiger partial charge in [-0.15, -0.1) is 6.58 Å². The molecule has 0 aromatic carbocycles. The van der Waals surface area contributed by atoms with E-state index in [1.165, 1.54) is 48.5 Å². The molecule has 1 fully saturated rings. The Kier molecular flexibility index (Phi) is 19.8. The van der Waals surface area contributed by atoms with Crippen molar-refractivity contribution < 1.29 is 9.18 Å². The summed E-state index contributed by atoms with van der Waals surface area (Å²) >= 11 is 0. The SMILES string of the molecule is C=C(/C=C\C(C)=C/C)C1CCC(CC=O)CC1.C=C(C)CCC=NC.CC1=N/C=C/CC(F)/C=C/N1. The molecule has 1 atom stereocenters. The molecule has 0 saturated heterocycles. The second kappa shape index (κ2) is 21.5. The molecule has 1 unspecified atom stereocenters. The number of allylic oxidation sites excluding steroid dienone is 8. The van der Waals surface area contributed by atoms with E-state index in [-0.39, 0.29) is 0 Å². The third kappa shape index (κ3) is 18.5. The van der Waals surface area contributed by atoms with Gasteiger partial charge < -0.3 is 15.1 Å². The topological polar surface area (TPSA) is 53.8 Å². The Labute approximate surface area is 219 Å². The van der Waals surface area contributed by atoms with Crippen LogP contribution in [0.4, 0.5) is 4.39 Å². The summed E-state index contributed by atoms with van der Waals surface area (Å²) in [6, 6.07) is 0. The van der Waals surface area contributed by atoms with Gasteiger partial charge in [-0.1, -0.05) is 47.6 Å². The van der Waals surface area contributed by atoms with Crippen LogP contribution in [0.2, 0.25) is 0 Å². The molecule has 1 aliphatic carbocycles. The Morgan fingerprint density at radius 2 is 1.92 bits per heavy atom. The number of rotatable bonds is 8. The predicted molar refractivity (Wildman–Crippen MR) is 156 cm³/mol. The Morgan fingerprint density at radius 1 is 1.22 bits per heavy atom. The molecular formula is C31H48FN3O. The van der Waals surface area contributed by atoms with E-state index in [0.29, 0.717) is 18.3 Å². The van der Waals surface area contributed by atoms with Crippen molar-refractivity contribution in [1.29, 1.82) is 0 Å². The number of halogens is 1. The number of carbonyl (C=O) groups excluding carboxylic acids is 1. The van der Waals surface area contributed by atoms with Gasteiger partial charge in [0.1, 0.15) is 18.3 Å². The van der Waals surface area contributed by atoms with Crippen LogP contribution >= 0.6 is 0 Å². The number of hydrogen-bond donors (Lipinski definition) is 1. The van der Waals surface area contributed by atoms with E-state index < -0.39 is 6.17 Å². The molecule has 0 aromatic rings. The van der Waals surface area contributed by atoms with Crippen molar-refractivity contribution in [2.75, 3.05) is 7.05 Å². The summed E-state index contributed by atoms with van der Waals surface area (Å²) in [5.74, 6) is 2.02. The van der Waals surface area contributed by atoms with Gasteiger partial charge in [0, 0.05) is 32.3 Å². The summed E-state index contributed by atoms with van der Waals surface area (Å²) < 4.78 is 12.7. The van der Waals surface area contributed by atoms with Gasteiger partial charge in [-0.05, 0) is 90.3 Å². The number of nitrogens with one attached hydrogen (secondary N) is 1. The lowest BCUT2D eigenvalue weighted by Gasteiger charge is -2.27. The summed E-state index contributed by atoms with van der Waals surface area (Å²) in [6.45, 7) is 15.9. The molecule has 0 bridgehead atoms. The number of nitrogens with zero attached hydrogens (tertiary/aromatic N) is 2. The fourth-order valence-corrected chi connectivity index (χ4v) is 3.56. The maximum Gasteiger partial charge on any atom is 0.123 e. The highest BCUT2D eigenvalue weighted by molar-refractivity contribution is 5.80. The average molecular weight is 498 g/mol. The van der Waals surface area contributed by atoms with Crippen LogP contribution in [0.5, 0.6) is 0 Å². The van der Waals surface area contributed by atoms with Crippen molar-refractivity contribution in [3.8, 4) is 0 Å². The molecule has 1 aliphatic heterocycles. The third-order valence-corrected chi connectivity index (χ3v) is 6.03. The lowest BCUT2D eigenvalue weighted by molar-refractivity contribution is -0.108. The van der Waals surface area contributed by atoms with E-state index in [2.05, 4.69) is 53.6 Å². The summed E-state index contributed by atoms with van der Waals surface area (Å²) in [5, 5.41) is 2.83. The van der Waals surface area contributed by atoms with E-state index in [4.69, 9.17) is 0 Å². The van der Waals surface area contributed by atoms with Crippen LogP contribution in [0.3, 0.4) is 0 Å². The number of hydrogen-bond acceptors (Lipinski definition) is 4. The zero-order chi connectivity index (χ0) is 27.2. The Balaban J connectivity index is 0.000000555. The molecule has 4 nitrogen and oxygen atoms in total. The molecule has 1 heterocycles. The second-order valence-corrected chi connectivity index (χ2v) is 9.35. The molecule has 200 valence electrons. The summed E-state index contributed by atoms with van der Waals surface area (Å²) in [6.07, 6.45) is 22.8. The Morgan fingerprint density at radius 3 is 2.50 bits per heavy atom. The largest absolute Gasteiger partial charge is 0.351 e. The number of aliphatic imine (C=N–C) groups is 2. The molecule has 0 radical (unpaired) electrons. The summed E-state index contributed by atoms with van der Waals surface area (Å²) in [4.78, 5) is 18.3. The van der Waals surface area contributed by atoms with E-state index in [0.717, 1.165) is 31.4 Å². The van der Waals surface area contributed by atoms with Crippen LogP contribution in [0.15, 0.2) is 82.6 Å². The van der Waals surface area contributed by atoms with Crippen molar-refractivity contribution in [2.45, 2.75) is 85.2 Å². The molecule has 1 saturated carbocycles. The van der Waals surface area contributed by atoms with E-state index in [9.17, 15) is 9.18 Å². The highest BCUT2D eigenvalue weighted by Crippen LogP contribution is 2.34. The molecule has 2 rings (SSSR count). The minimum atomic E-state index is -0.903. The first kappa shape index (κ1) is 33.2. The standard InChI is InChI=1S/C16H24O.C8H11FN2.C7H13N/c1-4-13(2)5-6-14(3)16-9-7-15(8-10-16)11-12-17;1-7-10-5-2-3-8(9)4-6-11-7;1-7(2)5-4-6-8-3/h4-6,12,15-16H,3,7-11H2,1-2H3;2,4-6,8H,3H2,1H3,(H,10,11);6H,1,4-5H2,2-3H3/b6-5-,13-4-;5-2+,6-4+;. The van der Waals surface area contributed by atoms with Crippen molar-refractivity contribution in [3.63, 3.8) is 0 Å². The summed E-state index contributed by atoms with van der Waals surface area (Å²) in [5.41, 5.74) is 3.75. The zero-order valence-corrected chi connectivity index (χ0v) is 23.2. The van der Waals surface area contributed by atoms with Crippen LogP contribution in [-0.2, 0) is 4.79 Å². The van der Waals surface area contributed by atoms with E-state index in [1.54, 1.807) is 25.5 Å². The van der Waals surface area contributed by atoms with Gasteiger partial charge in [0.15, 0.2) is 0 Å². The van der Waals surface area contributed by atoms with Gasteiger partial charge >= 0.3 is 0 Å². The van der Waals surface area contributed by atoms with E-state index >= 15 is 0 Å². The molecule has 0 aromatic heterocycles. The highest BCUT2D eigenvalue weighted by atomic mass is 19.1. The Bertz CT molecular complexity index is 825. The first-order chi connectivity index (χ1) is 17.2. The van der Waals surface area contributed by atoms with Gasteiger partial charge in [0.2, 0.25) is 0 Å². The van der Waals surface area contributed by atoms with Crippen molar-refractivity contribution in [2.24, 2.45) is 21.8 Å². The fourth-order valence-electron chi connectivity index (χ4n) is 3.56. The monoisotopic (exact) mass is 497 g/mol. The van der Waals surface area contributed by atoms with Gasteiger partial charge in [-0.2, -0.15) is 0 Å². The maximum atomic E-state index is 12.7. The minimum absolute atomic E-state index is 0.398. The second-order valence-electron chi connectivity index (χ2n) is 9.35. The van der Waals surface area contributed by atoms with Crippen LogP contribution in [0.25, 0.3) is 0 Å². The number of carbonyl (C=O) groups is 1. The molecular weight excluding hydrogens is 449 g/mol. The molecule has 1 N–H and O–H groups in total. The fraction of sp³-hybridized carbons (Fsp3) is 0.516. The molecule has 2 aliphatic rings. The normalized spacial score (nSPS) is 23.9. The van der Waals surface area contributed by atoms with Gasteiger partial charge in [0.25, 0.3) is 0 Å². The first-order valence-corrected chi connectivity index (χ1v) is 13.0. The number of alkyl halides is 1. The van der Waals surface area contributed by atoms with E-state index in [1.807, 2.05) is 27.0 Å². The van der Waals surface area contributed by atoms with Crippen molar-refractivity contribution in [3.05, 3.63) is 72.7 Å².